The van der Waals surface area contributed by atoms with E-state index in [9.17, 15) is 0 Å². The van der Waals surface area contributed by atoms with Gasteiger partial charge in [-0.15, -0.1) is 0 Å². The lowest BCUT2D eigenvalue weighted by atomic mass is 10.0. The smallest absolute Gasteiger partial charge is 0.0238 e. The van der Waals surface area contributed by atoms with E-state index >= 15 is 0 Å². The van der Waals surface area contributed by atoms with Crippen LogP contribution in [-0.2, 0) is 25.7 Å². The lowest BCUT2D eigenvalue weighted by Crippen LogP contribution is -1.93. The summed E-state index contributed by atoms with van der Waals surface area (Å²) in [6.45, 7) is 2.35. The van der Waals surface area contributed by atoms with Gasteiger partial charge in [-0.1, -0.05) is 55.5 Å². The zero-order valence-electron chi connectivity index (χ0n) is 11.0. The molecule has 0 heterocycles. The molecule has 2 aromatic carbocycles. The largest absolute Gasteiger partial charge is 0.0622 e. The molecule has 92 valence electrons. The van der Waals surface area contributed by atoms with Crippen molar-refractivity contribution < 1.29 is 0 Å². The Morgan fingerprint density at radius 2 is 1.56 bits per heavy atom. The third-order valence-electron chi connectivity index (χ3n) is 3.95. The average Bonchev–Trinajstić information content (AvgIpc) is 2.77. The Morgan fingerprint density at radius 1 is 0.833 bits per heavy atom. The number of aryl methyl sites for hydroxylation is 2. The Morgan fingerprint density at radius 3 is 2.39 bits per heavy atom. The molecule has 1 unspecified atom stereocenters. The summed E-state index contributed by atoms with van der Waals surface area (Å²) < 4.78 is 0. The van der Waals surface area contributed by atoms with Crippen molar-refractivity contribution in [3.63, 3.8) is 0 Å². The minimum absolute atomic E-state index is 0.837. The maximum Gasteiger partial charge on any atom is -0.0238 e. The third-order valence-corrected chi connectivity index (χ3v) is 3.95. The van der Waals surface area contributed by atoms with Gasteiger partial charge in [0.25, 0.3) is 0 Å². The van der Waals surface area contributed by atoms with E-state index in [1.807, 2.05) is 0 Å². The van der Waals surface area contributed by atoms with Crippen LogP contribution in [0.1, 0.15) is 29.2 Å². The summed E-state index contributed by atoms with van der Waals surface area (Å²) in [7, 11) is 0. The first-order valence-electron chi connectivity index (χ1n) is 6.96. The average molecular weight is 236 g/mol. The van der Waals surface area contributed by atoms with Crippen LogP contribution in [0.15, 0.2) is 48.5 Å². The molecule has 0 saturated carbocycles. The molecule has 3 rings (SSSR count). The Labute approximate surface area is 110 Å². The first kappa shape index (κ1) is 11.5. The lowest BCUT2D eigenvalue weighted by Gasteiger charge is -2.05. The van der Waals surface area contributed by atoms with Crippen LogP contribution < -0.4 is 0 Å². The molecule has 0 N–H and O–H groups in total. The van der Waals surface area contributed by atoms with Gasteiger partial charge in [0.1, 0.15) is 0 Å². The van der Waals surface area contributed by atoms with Gasteiger partial charge < -0.3 is 0 Å². The molecular weight excluding hydrogens is 216 g/mol. The van der Waals surface area contributed by atoms with Gasteiger partial charge in [0, 0.05) is 0 Å². The molecule has 0 saturated heterocycles. The SMILES string of the molecule is CC1Cc2ccc(CCc3ccccc3)cc2C1. The van der Waals surface area contributed by atoms with Crippen LogP contribution in [0.25, 0.3) is 0 Å². The van der Waals surface area contributed by atoms with E-state index in [0.29, 0.717) is 0 Å². The second-order valence-electron chi connectivity index (χ2n) is 5.60. The second-order valence-corrected chi connectivity index (χ2v) is 5.60. The normalized spacial score (nSPS) is 17.7. The van der Waals surface area contributed by atoms with Gasteiger partial charge in [-0.3, -0.25) is 0 Å². The second kappa shape index (κ2) is 4.97. The predicted molar refractivity (Wildman–Crippen MR) is 76.9 cm³/mol. The number of hydrogen-bond donors (Lipinski definition) is 0. The molecule has 1 aliphatic rings. The number of hydrogen-bond acceptors (Lipinski definition) is 0. The molecule has 1 atom stereocenters. The van der Waals surface area contributed by atoms with Crippen LogP contribution in [0.2, 0.25) is 0 Å². The van der Waals surface area contributed by atoms with E-state index in [-0.39, 0.29) is 0 Å². The van der Waals surface area contributed by atoms with E-state index in [2.05, 4.69) is 55.5 Å². The zero-order chi connectivity index (χ0) is 12.4. The molecular formula is C18H20. The van der Waals surface area contributed by atoms with Crippen molar-refractivity contribution >= 4 is 0 Å². The van der Waals surface area contributed by atoms with Gasteiger partial charge in [0.15, 0.2) is 0 Å². The first-order valence-corrected chi connectivity index (χ1v) is 6.96. The Hall–Kier alpha value is -1.56. The highest BCUT2D eigenvalue weighted by Crippen LogP contribution is 2.27. The molecule has 0 heteroatoms. The monoisotopic (exact) mass is 236 g/mol. The van der Waals surface area contributed by atoms with Crippen LogP contribution >= 0.6 is 0 Å². The highest BCUT2D eigenvalue weighted by Gasteiger charge is 2.17. The number of fused-ring (bicyclic) bond motifs is 1. The quantitative estimate of drug-likeness (QED) is 0.749. The van der Waals surface area contributed by atoms with Crippen molar-refractivity contribution in [3.8, 4) is 0 Å². The van der Waals surface area contributed by atoms with E-state index in [1.165, 1.54) is 24.0 Å². The van der Waals surface area contributed by atoms with Gasteiger partial charge in [-0.05, 0) is 53.9 Å². The summed E-state index contributed by atoms with van der Waals surface area (Å²) >= 11 is 0. The van der Waals surface area contributed by atoms with Crippen LogP contribution in [-0.4, -0.2) is 0 Å². The van der Waals surface area contributed by atoms with E-state index in [0.717, 1.165) is 18.8 Å². The minimum atomic E-state index is 0.837. The minimum Gasteiger partial charge on any atom is -0.0622 e. The van der Waals surface area contributed by atoms with E-state index < -0.39 is 0 Å². The van der Waals surface area contributed by atoms with Crippen LogP contribution in [0, 0.1) is 5.92 Å². The predicted octanol–water partition coefficient (Wildman–Crippen LogP) is 4.21. The first-order chi connectivity index (χ1) is 8.81. The fourth-order valence-electron chi connectivity index (χ4n) is 2.98. The van der Waals surface area contributed by atoms with Gasteiger partial charge in [-0.25, -0.2) is 0 Å². The molecule has 0 nitrogen and oxygen atoms in total. The lowest BCUT2D eigenvalue weighted by molar-refractivity contribution is 0.627. The fourth-order valence-corrected chi connectivity index (χ4v) is 2.98. The molecule has 0 radical (unpaired) electrons. The maximum absolute atomic E-state index is 2.43. The third kappa shape index (κ3) is 2.48. The van der Waals surface area contributed by atoms with Crippen molar-refractivity contribution in [3.05, 3.63) is 70.8 Å². The van der Waals surface area contributed by atoms with Gasteiger partial charge in [-0.2, -0.15) is 0 Å². The molecule has 1 aliphatic carbocycles. The Kier molecular flexibility index (Phi) is 3.19. The van der Waals surface area contributed by atoms with Gasteiger partial charge in [0.05, 0.1) is 0 Å². The van der Waals surface area contributed by atoms with Crippen LogP contribution in [0.3, 0.4) is 0 Å². The Bertz CT molecular complexity index is 525. The molecule has 0 aromatic heterocycles. The maximum atomic E-state index is 2.43. The summed E-state index contributed by atoms with van der Waals surface area (Å²) in [4.78, 5) is 0. The molecule has 0 spiro atoms. The van der Waals surface area contributed by atoms with Gasteiger partial charge >= 0.3 is 0 Å². The van der Waals surface area contributed by atoms with Crippen LogP contribution in [0.5, 0.6) is 0 Å². The highest BCUT2D eigenvalue weighted by atomic mass is 14.2. The summed E-state index contributed by atoms with van der Waals surface area (Å²) in [6.07, 6.45) is 4.85. The number of rotatable bonds is 3. The van der Waals surface area contributed by atoms with Crippen molar-refractivity contribution in [2.75, 3.05) is 0 Å². The molecule has 0 bridgehead atoms. The van der Waals surface area contributed by atoms with Crippen molar-refractivity contribution in [2.24, 2.45) is 5.92 Å². The number of benzene rings is 2. The standard InChI is InChI=1S/C18H20/c1-14-11-17-10-9-16(13-18(17)12-14)8-7-15-5-3-2-4-6-15/h2-6,9-10,13-14H,7-8,11-12H2,1H3. The molecule has 0 aliphatic heterocycles. The summed E-state index contributed by atoms with van der Waals surface area (Å²) in [6, 6.07) is 17.9. The van der Waals surface area contributed by atoms with Crippen LogP contribution in [0.4, 0.5) is 0 Å². The molecule has 2 aromatic rings. The summed E-state index contributed by atoms with van der Waals surface area (Å²) in [5.74, 6) is 0.837. The molecule has 18 heavy (non-hydrogen) atoms. The van der Waals surface area contributed by atoms with Crippen molar-refractivity contribution in [1.82, 2.24) is 0 Å². The van der Waals surface area contributed by atoms with E-state index in [1.54, 1.807) is 11.1 Å². The summed E-state index contributed by atoms with van der Waals surface area (Å²) in [5.41, 5.74) is 6.09. The Balaban J connectivity index is 1.69. The molecule has 0 amide bonds. The summed E-state index contributed by atoms with van der Waals surface area (Å²) in [5, 5.41) is 0. The van der Waals surface area contributed by atoms with E-state index in [4.69, 9.17) is 0 Å². The topological polar surface area (TPSA) is 0 Å². The van der Waals surface area contributed by atoms with Gasteiger partial charge in [0.2, 0.25) is 0 Å². The fraction of sp³-hybridized carbons (Fsp3) is 0.333. The van der Waals surface area contributed by atoms with Crippen molar-refractivity contribution in [1.29, 1.82) is 0 Å². The van der Waals surface area contributed by atoms with Crippen molar-refractivity contribution in [2.45, 2.75) is 32.6 Å². The zero-order valence-corrected chi connectivity index (χ0v) is 11.0. The highest BCUT2D eigenvalue weighted by molar-refractivity contribution is 5.36. The molecule has 0 fully saturated rings.